The smallest absolute Gasteiger partial charge is 0.546 e. The van der Waals surface area contributed by atoms with Gasteiger partial charge in [-0.15, -0.1) is 0 Å². The second-order valence-corrected chi connectivity index (χ2v) is 6.82. The van der Waals surface area contributed by atoms with Gasteiger partial charge in [0.05, 0.1) is 27.6 Å². The first kappa shape index (κ1) is 23.7. The molecule has 8 nitrogen and oxygen atoms in total. The Morgan fingerprint density at radius 1 is 1.00 bits per heavy atom. The average Bonchev–Trinajstić information content (AvgIpc) is 2.78. The number of carbonyl (C=O) groups is 1. The SMILES string of the molecule is O=C([O-])COc1cccc2ncnc(Nc3ccc(OCc4ccccn4)c(Cl)c3)c12.[Na+]. The number of halogens is 1. The van der Waals surface area contributed by atoms with E-state index in [9.17, 15) is 9.90 Å². The molecule has 10 heteroatoms. The molecule has 32 heavy (non-hydrogen) atoms. The Bertz CT molecular complexity index is 1220. The molecule has 0 unspecified atom stereocenters. The summed E-state index contributed by atoms with van der Waals surface area (Å²) in [4.78, 5) is 23.5. The van der Waals surface area contributed by atoms with Crippen molar-refractivity contribution in [2.24, 2.45) is 0 Å². The van der Waals surface area contributed by atoms with E-state index >= 15 is 0 Å². The number of aliphatic carboxylic acids is 1. The van der Waals surface area contributed by atoms with Crippen LogP contribution in [0.2, 0.25) is 5.02 Å². The van der Waals surface area contributed by atoms with Crippen LogP contribution in [0.3, 0.4) is 0 Å². The molecule has 0 atom stereocenters. The second kappa shape index (κ2) is 11.1. The monoisotopic (exact) mass is 458 g/mol. The van der Waals surface area contributed by atoms with Crippen LogP contribution in [0, 0.1) is 0 Å². The number of benzene rings is 2. The fourth-order valence-electron chi connectivity index (χ4n) is 2.90. The number of anilines is 2. The molecular weight excluding hydrogens is 443 g/mol. The van der Waals surface area contributed by atoms with E-state index in [1.165, 1.54) is 6.33 Å². The molecular formula is C22H16ClN4NaO4. The van der Waals surface area contributed by atoms with Crippen LogP contribution in [-0.2, 0) is 11.4 Å². The van der Waals surface area contributed by atoms with E-state index in [0.717, 1.165) is 5.69 Å². The van der Waals surface area contributed by atoms with Crippen LogP contribution in [0.4, 0.5) is 11.5 Å². The van der Waals surface area contributed by atoms with E-state index in [2.05, 4.69) is 20.3 Å². The van der Waals surface area contributed by atoms with Crippen molar-refractivity contribution in [3.05, 3.63) is 77.8 Å². The molecule has 0 aliphatic heterocycles. The summed E-state index contributed by atoms with van der Waals surface area (Å²) < 4.78 is 11.1. The third-order valence-corrected chi connectivity index (χ3v) is 4.56. The molecule has 2 heterocycles. The number of hydrogen-bond acceptors (Lipinski definition) is 8. The van der Waals surface area contributed by atoms with Crippen LogP contribution in [0.15, 0.2) is 67.1 Å². The molecule has 2 aromatic carbocycles. The summed E-state index contributed by atoms with van der Waals surface area (Å²) in [5.41, 5.74) is 2.04. The van der Waals surface area contributed by atoms with Gasteiger partial charge in [-0.25, -0.2) is 9.97 Å². The van der Waals surface area contributed by atoms with Crippen molar-refractivity contribution < 1.29 is 48.9 Å². The topological polar surface area (TPSA) is 109 Å². The zero-order chi connectivity index (χ0) is 21.6. The standard InChI is InChI=1S/C22H17ClN4O4.Na/c23-16-10-14(7-8-18(16)30-11-15-4-1-2-9-24-15)27-22-21-17(25-13-26-22)5-3-6-19(21)31-12-20(28)29;/h1-10,13H,11-12H2,(H,28,29)(H,25,26,27);/q;+1/p-1. The van der Waals surface area contributed by atoms with Crippen LogP contribution in [0.5, 0.6) is 11.5 Å². The molecule has 4 rings (SSSR count). The summed E-state index contributed by atoms with van der Waals surface area (Å²) in [6, 6.07) is 16.0. The van der Waals surface area contributed by atoms with E-state index < -0.39 is 12.6 Å². The molecule has 0 spiro atoms. The average molecular weight is 459 g/mol. The van der Waals surface area contributed by atoms with E-state index in [0.29, 0.717) is 45.5 Å². The normalized spacial score (nSPS) is 10.3. The van der Waals surface area contributed by atoms with E-state index in [-0.39, 0.29) is 29.6 Å². The van der Waals surface area contributed by atoms with Gasteiger partial charge in [0.1, 0.15) is 36.9 Å². The van der Waals surface area contributed by atoms with Crippen LogP contribution >= 0.6 is 11.6 Å². The Morgan fingerprint density at radius 3 is 2.62 bits per heavy atom. The molecule has 0 aliphatic rings. The van der Waals surface area contributed by atoms with Gasteiger partial charge in [0, 0.05) is 11.9 Å². The maximum Gasteiger partial charge on any atom is 1.00 e. The summed E-state index contributed by atoms with van der Waals surface area (Å²) in [5.74, 6) is -0.0387. The van der Waals surface area contributed by atoms with Gasteiger partial charge in [-0.3, -0.25) is 4.98 Å². The summed E-state index contributed by atoms with van der Waals surface area (Å²) in [7, 11) is 0. The number of pyridine rings is 1. The van der Waals surface area contributed by atoms with Gasteiger partial charge in [-0.05, 0) is 42.5 Å². The van der Waals surface area contributed by atoms with Crippen molar-refractivity contribution in [3.8, 4) is 11.5 Å². The van der Waals surface area contributed by atoms with Crippen molar-refractivity contribution in [1.82, 2.24) is 15.0 Å². The van der Waals surface area contributed by atoms with Gasteiger partial charge >= 0.3 is 29.6 Å². The Kier molecular flexibility index (Phi) is 8.24. The Hall–Kier alpha value is -2.91. The van der Waals surface area contributed by atoms with Crippen molar-refractivity contribution in [3.63, 3.8) is 0 Å². The van der Waals surface area contributed by atoms with Crippen molar-refractivity contribution >= 4 is 40.0 Å². The number of carbonyl (C=O) groups excluding carboxylic acids is 1. The van der Waals surface area contributed by atoms with E-state index in [1.807, 2.05) is 18.2 Å². The fraction of sp³-hybridized carbons (Fsp3) is 0.0909. The van der Waals surface area contributed by atoms with E-state index in [4.69, 9.17) is 21.1 Å². The number of ether oxygens (including phenoxy) is 2. The fourth-order valence-corrected chi connectivity index (χ4v) is 3.13. The molecule has 0 saturated carbocycles. The molecule has 0 amide bonds. The number of fused-ring (bicyclic) bond motifs is 1. The first-order valence-electron chi connectivity index (χ1n) is 9.26. The van der Waals surface area contributed by atoms with Crippen molar-refractivity contribution in [1.29, 1.82) is 0 Å². The molecule has 0 aliphatic carbocycles. The molecule has 4 aromatic rings. The second-order valence-electron chi connectivity index (χ2n) is 6.41. The Morgan fingerprint density at radius 2 is 1.88 bits per heavy atom. The molecule has 156 valence electrons. The molecule has 0 fully saturated rings. The number of carboxylic acid groups (broad SMARTS) is 1. The number of carboxylic acids is 1. The molecule has 0 saturated heterocycles. The predicted molar refractivity (Wildman–Crippen MR) is 113 cm³/mol. The van der Waals surface area contributed by atoms with Gasteiger partial charge in [-0.2, -0.15) is 0 Å². The maximum atomic E-state index is 10.8. The van der Waals surface area contributed by atoms with Crippen LogP contribution in [0.1, 0.15) is 5.69 Å². The molecule has 2 aromatic heterocycles. The van der Waals surface area contributed by atoms with Crippen LogP contribution in [0.25, 0.3) is 10.9 Å². The van der Waals surface area contributed by atoms with Gasteiger partial charge < -0.3 is 24.7 Å². The number of aromatic nitrogens is 3. The van der Waals surface area contributed by atoms with Crippen LogP contribution < -0.4 is 49.5 Å². The summed E-state index contributed by atoms with van der Waals surface area (Å²) in [5, 5.41) is 14.9. The first-order chi connectivity index (χ1) is 15.1. The largest absolute Gasteiger partial charge is 1.00 e. The quantitative estimate of drug-likeness (QED) is 0.371. The summed E-state index contributed by atoms with van der Waals surface area (Å²) in [6.07, 6.45) is 3.10. The number of nitrogens with one attached hydrogen (secondary N) is 1. The Labute approximate surface area is 210 Å². The minimum absolute atomic E-state index is 0. The molecule has 1 N–H and O–H groups in total. The number of rotatable bonds is 8. The minimum atomic E-state index is -1.32. The van der Waals surface area contributed by atoms with Gasteiger partial charge in [0.25, 0.3) is 0 Å². The van der Waals surface area contributed by atoms with Crippen LogP contribution in [-0.4, -0.2) is 27.5 Å². The zero-order valence-electron chi connectivity index (χ0n) is 17.1. The number of hydrogen-bond donors (Lipinski definition) is 1. The van der Waals surface area contributed by atoms with Crippen molar-refractivity contribution in [2.45, 2.75) is 6.61 Å². The molecule has 0 radical (unpaired) electrons. The molecule has 0 bridgehead atoms. The first-order valence-corrected chi connectivity index (χ1v) is 9.63. The predicted octanol–water partition coefficient (Wildman–Crippen LogP) is 0.133. The van der Waals surface area contributed by atoms with Gasteiger partial charge in [-0.1, -0.05) is 23.7 Å². The third kappa shape index (κ3) is 5.86. The summed E-state index contributed by atoms with van der Waals surface area (Å²) >= 11 is 6.38. The maximum absolute atomic E-state index is 10.8. The van der Waals surface area contributed by atoms with Gasteiger partial charge in [0.15, 0.2) is 0 Å². The van der Waals surface area contributed by atoms with Crippen molar-refractivity contribution in [2.75, 3.05) is 11.9 Å². The minimum Gasteiger partial charge on any atom is -0.546 e. The third-order valence-electron chi connectivity index (χ3n) is 4.27. The summed E-state index contributed by atoms with van der Waals surface area (Å²) in [6.45, 7) is -0.287. The van der Waals surface area contributed by atoms with Gasteiger partial charge in [0.2, 0.25) is 0 Å². The Balaban J connectivity index is 0.00000289. The zero-order valence-corrected chi connectivity index (χ0v) is 19.9. The van der Waals surface area contributed by atoms with E-state index in [1.54, 1.807) is 42.6 Å². The number of nitrogens with zero attached hydrogens (tertiary/aromatic N) is 3.